The molecule has 0 aliphatic rings. The van der Waals surface area contributed by atoms with E-state index in [2.05, 4.69) is 23.9 Å². The summed E-state index contributed by atoms with van der Waals surface area (Å²) < 4.78 is 26.1. The van der Waals surface area contributed by atoms with Gasteiger partial charge in [-0.2, -0.15) is 0 Å². The number of hydrogen-bond donors (Lipinski definition) is 3. The SMILES string of the molecule is CCCS(=O)(=O)Nc1cccc(C(=O)NC(CN)CC(C)C)c1. The summed E-state index contributed by atoms with van der Waals surface area (Å²) in [5.41, 5.74) is 6.48. The van der Waals surface area contributed by atoms with Crippen LogP contribution in [0, 0.1) is 5.92 Å². The van der Waals surface area contributed by atoms with Crippen molar-refractivity contribution in [2.24, 2.45) is 11.7 Å². The second kappa shape index (κ2) is 8.88. The molecule has 0 heterocycles. The molecule has 0 fully saturated rings. The molecule has 0 aliphatic carbocycles. The lowest BCUT2D eigenvalue weighted by Crippen LogP contribution is -2.41. The number of benzene rings is 1. The lowest BCUT2D eigenvalue weighted by molar-refractivity contribution is 0.0934. The van der Waals surface area contributed by atoms with Crippen LogP contribution in [-0.4, -0.2) is 32.7 Å². The van der Waals surface area contributed by atoms with Crippen molar-refractivity contribution in [1.82, 2.24) is 5.32 Å². The lowest BCUT2D eigenvalue weighted by atomic mass is 10.0. The zero-order valence-electron chi connectivity index (χ0n) is 14.0. The van der Waals surface area contributed by atoms with Crippen LogP contribution in [0.1, 0.15) is 44.0 Å². The lowest BCUT2D eigenvalue weighted by Gasteiger charge is -2.19. The number of rotatable bonds is 9. The third-order valence-electron chi connectivity index (χ3n) is 3.25. The average Bonchev–Trinajstić information content (AvgIpc) is 2.45. The standard InChI is InChI=1S/C16H27N3O3S/c1-4-8-23(21,22)19-14-7-5-6-13(10-14)16(20)18-15(11-17)9-12(2)3/h5-7,10,12,15,19H,4,8-9,11,17H2,1-3H3,(H,18,20). The van der Waals surface area contributed by atoms with E-state index in [1.807, 2.05) is 0 Å². The molecule has 1 rings (SSSR count). The summed E-state index contributed by atoms with van der Waals surface area (Å²) in [5.74, 6) is 0.223. The number of nitrogens with one attached hydrogen (secondary N) is 2. The Morgan fingerprint density at radius 1 is 1.30 bits per heavy atom. The normalized spacial score (nSPS) is 12.9. The Morgan fingerprint density at radius 3 is 2.57 bits per heavy atom. The molecule has 1 unspecified atom stereocenters. The average molecular weight is 341 g/mol. The monoisotopic (exact) mass is 341 g/mol. The number of carbonyl (C=O) groups excluding carboxylic acids is 1. The fraction of sp³-hybridized carbons (Fsp3) is 0.562. The highest BCUT2D eigenvalue weighted by Crippen LogP contribution is 2.13. The van der Waals surface area contributed by atoms with Crippen molar-refractivity contribution in [1.29, 1.82) is 0 Å². The van der Waals surface area contributed by atoms with Crippen LogP contribution in [0.3, 0.4) is 0 Å². The van der Waals surface area contributed by atoms with E-state index in [9.17, 15) is 13.2 Å². The van der Waals surface area contributed by atoms with Crippen LogP contribution >= 0.6 is 0 Å². The van der Waals surface area contributed by atoms with Crippen molar-refractivity contribution in [3.8, 4) is 0 Å². The molecular formula is C16H27N3O3S. The second-order valence-electron chi connectivity index (χ2n) is 6.04. The molecule has 6 nitrogen and oxygen atoms in total. The van der Waals surface area contributed by atoms with Gasteiger partial charge >= 0.3 is 0 Å². The van der Waals surface area contributed by atoms with Gasteiger partial charge in [0.1, 0.15) is 0 Å². The predicted molar refractivity (Wildman–Crippen MR) is 93.9 cm³/mol. The molecule has 0 aromatic heterocycles. The summed E-state index contributed by atoms with van der Waals surface area (Å²) in [6, 6.07) is 6.36. The summed E-state index contributed by atoms with van der Waals surface area (Å²) in [5, 5.41) is 2.89. The Balaban J connectivity index is 2.81. The first-order valence-electron chi connectivity index (χ1n) is 7.89. The Hall–Kier alpha value is -1.60. The van der Waals surface area contributed by atoms with Crippen molar-refractivity contribution in [2.75, 3.05) is 17.0 Å². The van der Waals surface area contributed by atoms with Gasteiger partial charge in [0.25, 0.3) is 5.91 Å². The van der Waals surface area contributed by atoms with Crippen molar-refractivity contribution < 1.29 is 13.2 Å². The van der Waals surface area contributed by atoms with Gasteiger partial charge in [0.05, 0.1) is 5.75 Å². The Bertz CT molecular complexity index is 615. The summed E-state index contributed by atoms with van der Waals surface area (Å²) >= 11 is 0. The second-order valence-corrected chi connectivity index (χ2v) is 7.88. The van der Waals surface area contributed by atoms with E-state index in [-0.39, 0.29) is 17.7 Å². The number of anilines is 1. The van der Waals surface area contributed by atoms with Gasteiger partial charge in [0.2, 0.25) is 10.0 Å². The van der Waals surface area contributed by atoms with Crippen molar-refractivity contribution >= 4 is 21.6 Å². The van der Waals surface area contributed by atoms with Crippen LogP contribution in [0.5, 0.6) is 0 Å². The number of nitrogens with two attached hydrogens (primary N) is 1. The molecule has 1 amide bonds. The maximum atomic E-state index is 12.3. The van der Waals surface area contributed by atoms with Crippen LogP contribution in [0.25, 0.3) is 0 Å². The molecule has 130 valence electrons. The first kappa shape index (κ1) is 19.4. The smallest absolute Gasteiger partial charge is 0.251 e. The minimum Gasteiger partial charge on any atom is -0.348 e. The summed E-state index contributed by atoms with van der Waals surface area (Å²) in [6.45, 7) is 6.30. The van der Waals surface area contributed by atoms with Crippen LogP contribution < -0.4 is 15.8 Å². The third kappa shape index (κ3) is 7.00. The third-order valence-corrected chi connectivity index (χ3v) is 4.74. The van der Waals surface area contributed by atoms with E-state index in [1.54, 1.807) is 25.1 Å². The van der Waals surface area contributed by atoms with Crippen LogP contribution in [-0.2, 0) is 10.0 Å². The highest BCUT2D eigenvalue weighted by molar-refractivity contribution is 7.92. The first-order chi connectivity index (χ1) is 10.8. The Morgan fingerprint density at radius 2 is 2.00 bits per heavy atom. The van der Waals surface area contributed by atoms with Gasteiger partial charge in [-0.25, -0.2) is 8.42 Å². The summed E-state index contributed by atoms with van der Waals surface area (Å²) in [7, 11) is -3.37. The van der Waals surface area contributed by atoms with Gasteiger partial charge in [-0.15, -0.1) is 0 Å². The van der Waals surface area contributed by atoms with Gasteiger partial charge < -0.3 is 11.1 Å². The zero-order valence-corrected chi connectivity index (χ0v) is 14.8. The summed E-state index contributed by atoms with van der Waals surface area (Å²) in [4.78, 5) is 12.3. The number of hydrogen-bond acceptors (Lipinski definition) is 4. The van der Waals surface area contributed by atoms with Crippen molar-refractivity contribution in [3.63, 3.8) is 0 Å². The largest absolute Gasteiger partial charge is 0.348 e. The van der Waals surface area contributed by atoms with E-state index in [1.165, 1.54) is 6.07 Å². The quantitative estimate of drug-likeness (QED) is 0.639. The minimum absolute atomic E-state index is 0.0487. The molecule has 4 N–H and O–H groups in total. The molecule has 23 heavy (non-hydrogen) atoms. The van der Waals surface area contributed by atoms with Gasteiger partial charge in [-0.3, -0.25) is 9.52 Å². The molecule has 0 saturated heterocycles. The molecule has 0 radical (unpaired) electrons. The van der Waals surface area contributed by atoms with E-state index in [4.69, 9.17) is 5.73 Å². The number of sulfonamides is 1. The molecular weight excluding hydrogens is 314 g/mol. The van der Waals surface area contributed by atoms with E-state index < -0.39 is 10.0 Å². The van der Waals surface area contributed by atoms with Gasteiger partial charge in [0.15, 0.2) is 0 Å². The molecule has 1 atom stereocenters. The van der Waals surface area contributed by atoms with Crippen LogP contribution in [0.4, 0.5) is 5.69 Å². The van der Waals surface area contributed by atoms with Gasteiger partial charge in [-0.05, 0) is 37.0 Å². The first-order valence-corrected chi connectivity index (χ1v) is 9.54. The summed E-state index contributed by atoms with van der Waals surface area (Å²) in [6.07, 6.45) is 1.33. The highest BCUT2D eigenvalue weighted by atomic mass is 32.2. The maximum Gasteiger partial charge on any atom is 0.251 e. The Labute approximate surface area is 138 Å². The Kier molecular flexibility index (Phi) is 7.51. The predicted octanol–water partition coefficient (Wildman–Crippen LogP) is 1.94. The fourth-order valence-corrected chi connectivity index (χ4v) is 3.40. The molecule has 7 heteroatoms. The topological polar surface area (TPSA) is 101 Å². The van der Waals surface area contributed by atoms with Crippen molar-refractivity contribution in [2.45, 2.75) is 39.7 Å². The molecule has 0 spiro atoms. The zero-order chi connectivity index (χ0) is 17.5. The van der Waals surface area contributed by atoms with Crippen molar-refractivity contribution in [3.05, 3.63) is 29.8 Å². The molecule has 1 aromatic carbocycles. The van der Waals surface area contributed by atoms with Gasteiger partial charge in [0, 0.05) is 23.8 Å². The van der Waals surface area contributed by atoms with Gasteiger partial charge in [-0.1, -0.05) is 26.8 Å². The molecule has 1 aromatic rings. The highest BCUT2D eigenvalue weighted by Gasteiger charge is 2.15. The number of carbonyl (C=O) groups is 1. The van der Waals surface area contributed by atoms with Crippen LogP contribution in [0.15, 0.2) is 24.3 Å². The maximum absolute atomic E-state index is 12.3. The molecule has 0 bridgehead atoms. The molecule has 0 saturated carbocycles. The fourth-order valence-electron chi connectivity index (χ4n) is 2.28. The minimum atomic E-state index is -3.37. The number of amides is 1. The van der Waals surface area contributed by atoms with E-state index in [0.717, 1.165) is 6.42 Å². The molecule has 0 aliphatic heterocycles. The van der Waals surface area contributed by atoms with E-state index in [0.29, 0.717) is 30.1 Å². The van der Waals surface area contributed by atoms with Crippen LogP contribution in [0.2, 0.25) is 0 Å². The van der Waals surface area contributed by atoms with E-state index >= 15 is 0 Å².